The Morgan fingerprint density at radius 3 is 2.95 bits per heavy atom. The molecule has 22 heavy (non-hydrogen) atoms. The number of rotatable bonds is 6. The Balaban J connectivity index is 1.71. The number of carbonyl (C=O) groups excluding carboxylic acids is 2. The summed E-state index contributed by atoms with van der Waals surface area (Å²) in [6.07, 6.45) is 3.12. The fourth-order valence-electron chi connectivity index (χ4n) is 2.61. The van der Waals surface area contributed by atoms with Crippen LogP contribution in [0.3, 0.4) is 0 Å². The largest absolute Gasteiger partial charge is 0.494 e. The van der Waals surface area contributed by atoms with Crippen molar-refractivity contribution >= 4 is 11.7 Å². The lowest BCUT2D eigenvalue weighted by Gasteiger charge is -2.30. The van der Waals surface area contributed by atoms with Gasteiger partial charge < -0.3 is 15.4 Å². The Hall–Kier alpha value is -1.88. The molecule has 120 valence electrons. The van der Waals surface area contributed by atoms with Crippen molar-refractivity contribution in [3.05, 3.63) is 29.8 Å². The van der Waals surface area contributed by atoms with E-state index in [2.05, 4.69) is 0 Å². The van der Waals surface area contributed by atoms with E-state index in [1.54, 1.807) is 18.2 Å². The quantitative estimate of drug-likeness (QED) is 0.644. The minimum atomic E-state index is 0.0158. The zero-order valence-electron chi connectivity index (χ0n) is 13.1. The number of amides is 1. The van der Waals surface area contributed by atoms with E-state index < -0.39 is 0 Å². The summed E-state index contributed by atoms with van der Waals surface area (Å²) in [7, 11) is 0. The maximum atomic E-state index is 12.1. The highest BCUT2D eigenvalue weighted by molar-refractivity contribution is 5.94. The molecule has 5 nitrogen and oxygen atoms in total. The van der Waals surface area contributed by atoms with E-state index in [9.17, 15) is 9.59 Å². The minimum Gasteiger partial charge on any atom is -0.494 e. The highest BCUT2D eigenvalue weighted by atomic mass is 16.5. The molecule has 5 heteroatoms. The normalized spacial score (nSPS) is 18.1. The molecule has 1 unspecified atom stereocenters. The summed E-state index contributed by atoms with van der Waals surface area (Å²) >= 11 is 0. The molecular weight excluding hydrogens is 280 g/mol. The number of hydrogen-bond acceptors (Lipinski definition) is 4. The van der Waals surface area contributed by atoms with Gasteiger partial charge in [-0.25, -0.2) is 0 Å². The first kappa shape index (κ1) is 16.5. The fraction of sp³-hybridized carbons (Fsp3) is 0.529. The Morgan fingerprint density at radius 2 is 2.23 bits per heavy atom. The second-order valence-electron chi connectivity index (χ2n) is 5.78. The Bertz CT molecular complexity index is 530. The van der Waals surface area contributed by atoms with E-state index in [-0.39, 0.29) is 17.7 Å². The molecule has 1 fully saturated rings. The molecule has 0 spiro atoms. The van der Waals surface area contributed by atoms with Crippen molar-refractivity contribution < 1.29 is 14.3 Å². The third-order valence-corrected chi connectivity index (χ3v) is 3.85. The molecule has 1 aliphatic rings. The molecule has 2 rings (SSSR count). The molecule has 1 saturated heterocycles. The summed E-state index contributed by atoms with van der Waals surface area (Å²) in [6.45, 7) is 3.47. The van der Waals surface area contributed by atoms with Crippen molar-refractivity contribution in [3.8, 4) is 5.75 Å². The number of ether oxygens (including phenoxy) is 1. The summed E-state index contributed by atoms with van der Waals surface area (Å²) in [5, 5.41) is 0. The van der Waals surface area contributed by atoms with Gasteiger partial charge in [-0.15, -0.1) is 0 Å². The van der Waals surface area contributed by atoms with Gasteiger partial charge in [0.2, 0.25) is 5.91 Å². The Kier molecular flexibility index (Phi) is 5.95. The van der Waals surface area contributed by atoms with Gasteiger partial charge in [0.05, 0.1) is 6.61 Å². The first-order chi connectivity index (χ1) is 10.6. The number of likely N-dealkylation sites (tertiary alicyclic amines) is 1. The molecule has 1 amide bonds. The molecule has 1 atom stereocenters. The van der Waals surface area contributed by atoms with Crippen molar-refractivity contribution in [2.24, 2.45) is 5.73 Å². The summed E-state index contributed by atoms with van der Waals surface area (Å²) in [5.41, 5.74) is 6.52. The number of hydrogen-bond donors (Lipinski definition) is 1. The molecule has 0 saturated carbocycles. The van der Waals surface area contributed by atoms with Crippen LogP contribution in [0.25, 0.3) is 0 Å². The van der Waals surface area contributed by atoms with Crippen molar-refractivity contribution in [1.29, 1.82) is 0 Å². The topological polar surface area (TPSA) is 72.6 Å². The first-order valence-corrected chi connectivity index (χ1v) is 7.83. The lowest BCUT2D eigenvalue weighted by molar-refractivity contribution is -0.132. The van der Waals surface area contributed by atoms with Crippen LogP contribution in [-0.4, -0.2) is 42.3 Å². The van der Waals surface area contributed by atoms with Crippen LogP contribution in [0.5, 0.6) is 5.75 Å². The van der Waals surface area contributed by atoms with Crippen LogP contribution in [0.4, 0.5) is 0 Å². The Morgan fingerprint density at radius 1 is 1.41 bits per heavy atom. The van der Waals surface area contributed by atoms with Gasteiger partial charge in [0.25, 0.3) is 0 Å². The van der Waals surface area contributed by atoms with Crippen LogP contribution in [0, 0.1) is 0 Å². The van der Waals surface area contributed by atoms with Crippen LogP contribution in [0.2, 0.25) is 0 Å². The highest BCUT2D eigenvalue weighted by Crippen LogP contribution is 2.15. The zero-order chi connectivity index (χ0) is 15.9. The van der Waals surface area contributed by atoms with Gasteiger partial charge in [-0.2, -0.15) is 0 Å². The number of piperidine rings is 1. The third kappa shape index (κ3) is 4.84. The van der Waals surface area contributed by atoms with Gasteiger partial charge >= 0.3 is 0 Å². The van der Waals surface area contributed by atoms with Gasteiger partial charge in [-0.1, -0.05) is 12.1 Å². The summed E-state index contributed by atoms with van der Waals surface area (Å²) in [4.78, 5) is 25.2. The molecule has 0 bridgehead atoms. The van der Waals surface area contributed by atoms with Crippen molar-refractivity contribution in [3.63, 3.8) is 0 Å². The van der Waals surface area contributed by atoms with Gasteiger partial charge in [0, 0.05) is 31.1 Å². The number of benzene rings is 1. The lowest BCUT2D eigenvalue weighted by atomic mass is 10.1. The van der Waals surface area contributed by atoms with Gasteiger partial charge in [-0.05, 0) is 38.3 Å². The predicted molar refractivity (Wildman–Crippen MR) is 85.0 cm³/mol. The molecule has 1 aromatic rings. The third-order valence-electron chi connectivity index (χ3n) is 3.85. The second-order valence-corrected chi connectivity index (χ2v) is 5.78. The van der Waals surface area contributed by atoms with Crippen LogP contribution in [0.15, 0.2) is 24.3 Å². The fourth-order valence-corrected chi connectivity index (χ4v) is 2.61. The van der Waals surface area contributed by atoms with E-state index in [0.717, 1.165) is 19.4 Å². The van der Waals surface area contributed by atoms with E-state index in [4.69, 9.17) is 10.5 Å². The van der Waals surface area contributed by atoms with Crippen LogP contribution < -0.4 is 10.5 Å². The van der Waals surface area contributed by atoms with E-state index in [1.165, 1.54) is 6.92 Å². The second kappa shape index (κ2) is 7.94. The predicted octanol–water partition coefficient (Wildman–Crippen LogP) is 2.00. The smallest absolute Gasteiger partial charge is 0.222 e. The van der Waals surface area contributed by atoms with Crippen LogP contribution in [-0.2, 0) is 4.79 Å². The molecule has 1 aromatic carbocycles. The first-order valence-electron chi connectivity index (χ1n) is 7.83. The van der Waals surface area contributed by atoms with E-state index in [0.29, 0.717) is 37.3 Å². The molecule has 0 aliphatic carbocycles. The molecule has 1 aliphatic heterocycles. The van der Waals surface area contributed by atoms with Crippen LogP contribution in [0.1, 0.15) is 43.0 Å². The summed E-state index contributed by atoms with van der Waals surface area (Å²) < 4.78 is 5.61. The molecule has 2 N–H and O–H groups in total. The van der Waals surface area contributed by atoms with E-state index >= 15 is 0 Å². The highest BCUT2D eigenvalue weighted by Gasteiger charge is 2.20. The monoisotopic (exact) mass is 304 g/mol. The number of ketones is 1. The number of nitrogens with zero attached hydrogens (tertiary/aromatic N) is 1. The minimum absolute atomic E-state index is 0.0158. The molecule has 0 aromatic heterocycles. The lowest BCUT2D eigenvalue weighted by Crippen LogP contribution is -2.45. The Labute approximate surface area is 131 Å². The standard InChI is InChI=1S/C17H24N2O3/c1-13(20)14-5-2-7-16(11-14)22-10-4-8-17(21)19-9-3-6-15(18)12-19/h2,5,7,11,15H,3-4,6,8-10,12,18H2,1H3. The SMILES string of the molecule is CC(=O)c1cccc(OCCCC(=O)N2CCCC(N)C2)c1. The van der Waals surface area contributed by atoms with Crippen LogP contribution >= 0.6 is 0 Å². The molecule has 0 radical (unpaired) electrons. The van der Waals surface area contributed by atoms with Crippen molar-refractivity contribution in [1.82, 2.24) is 4.90 Å². The number of carbonyl (C=O) groups is 2. The maximum Gasteiger partial charge on any atom is 0.222 e. The summed E-state index contributed by atoms with van der Waals surface area (Å²) in [6, 6.07) is 7.22. The average Bonchev–Trinajstić information content (AvgIpc) is 2.51. The zero-order valence-corrected chi connectivity index (χ0v) is 13.1. The van der Waals surface area contributed by atoms with E-state index in [1.807, 2.05) is 11.0 Å². The average molecular weight is 304 g/mol. The molecular formula is C17H24N2O3. The van der Waals surface area contributed by atoms with Gasteiger partial charge in [-0.3, -0.25) is 9.59 Å². The maximum absolute atomic E-state index is 12.1. The number of Topliss-reactive ketones (excluding diaryl/α,β-unsaturated/α-hetero) is 1. The van der Waals surface area contributed by atoms with Gasteiger partial charge in [0.1, 0.15) is 5.75 Å². The molecule has 1 heterocycles. The van der Waals surface area contributed by atoms with Crippen molar-refractivity contribution in [2.45, 2.75) is 38.6 Å². The van der Waals surface area contributed by atoms with Crippen molar-refractivity contribution in [2.75, 3.05) is 19.7 Å². The summed E-state index contributed by atoms with van der Waals surface area (Å²) in [5.74, 6) is 0.832. The van der Waals surface area contributed by atoms with Gasteiger partial charge in [0.15, 0.2) is 5.78 Å². The number of nitrogens with two attached hydrogens (primary N) is 1.